The molecule has 0 radical (unpaired) electrons. The lowest BCUT2D eigenvalue weighted by molar-refractivity contribution is -0.138. The Kier molecular flexibility index (Phi) is 8.05. The van der Waals surface area contributed by atoms with Crippen molar-refractivity contribution in [2.45, 2.75) is 45.6 Å². The minimum atomic E-state index is -0.302. The van der Waals surface area contributed by atoms with Gasteiger partial charge in [0.2, 0.25) is 11.9 Å². The first-order valence-electron chi connectivity index (χ1n) is 13.8. The molecule has 200 valence electrons. The Bertz CT molecular complexity index is 1260. The van der Waals surface area contributed by atoms with E-state index in [9.17, 15) is 9.59 Å². The number of nitrogens with zero attached hydrogens (tertiary/aromatic N) is 4. The molecule has 1 unspecified atom stereocenters. The number of likely N-dealkylation sites (tertiary alicyclic amines) is 2. The zero-order valence-electron chi connectivity index (χ0n) is 22.3. The maximum atomic E-state index is 13.3. The monoisotopic (exact) mass is 515 g/mol. The molecule has 0 spiro atoms. The third kappa shape index (κ3) is 6.06. The van der Waals surface area contributed by atoms with Gasteiger partial charge in [-0.1, -0.05) is 62.4 Å². The summed E-state index contributed by atoms with van der Waals surface area (Å²) in [5, 5.41) is 4.56. The van der Waals surface area contributed by atoms with Gasteiger partial charge in [-0.15, -0.1) is 0 Å². The maximum Gasteiger partial charge on any atom is 0.409 e. The van der Waals surface area contributed by atoms with Gasteiger partial charge < -0.3 is 19.9 Å². The Morgan fingerprint density at radius 2 is 1.68 bits per heavy atom. The fourth-order valence-corrected chi connectivity index (χ4v) is 5.32. The highest BCUT2D eigenvalue weighted by Crippen LogP contribution is 2.28. The molecule has 38 heavy (non-hydrogen) atoms. The van der Waals surface area contributed by atoms with Crippen LogP contribution in [0.2, 0.25) is 0 Å². The van der Waals surface area contributed by atoms with Crippen LogP contribution >= 0.6 is 0 Å². The smallest absolute Gasteiger partial charge is 0.409 e. The first-order chi connectivity index (χ1) is 18.5. The van der Waals surface area contributed by atoms with E-state index < -0.39 is 0 Å². The molecule has 2 aromatic carbocycles. The number of anilines is 1. The van der Waals surface area contributed by atoms with Crippen LogP contribution in [0.1, 0.15) is 39.5 Å². The summed E-state index contributed by atoms with van der Waals surface area (Å²) < 4.78 is 5.39. The minimum absolute atomic E-state index is 0.151. The second-order valence-corrected chi connectivity index (χ2v) is 10.8. The highest BCUT2D eigenvalue weighted by Gasteiger charge is 2.33. The van der Waals surface area contributed by atoms with Crippen molar-refractivity contribution < 1.29 is 14.3 Å². The number of amides is 2. The van der Waals surface area contributed by atoms with Gasteiger partial charge in [-0.05, 0) is 37.7 Å². The van der Waals surface area contributed by atoms with Gasteiger partial charge in [0.25, 0.3) is 0 Å². The van der Waals surface area contributed by atoms with Gasteiger partial charge in [-0.3, -0.25) is 4.79 Å². The van der Waals surface area contributed by atoms with Crippen LogP contribution in [-0.4, -0.2) is 70.6 Å². The molecule has 2 aliphatic heterocycles. The maximum absolute atomic E-state index is 13.3. The second-order valence-electron chi connectivity index (χ2n) is 10.8. The van der Waals surface area contributed by atoms with Crippen molar-refractivity contribution in [1.82, 2.24) is 19.8 Å². The van der Waals surface area contributed by atoms with Gasteiger partial charge in [0.05, 0.1) is 23.7 Å². The Labute approximate surface area is 224 Å². The Morgan fingerprint density at radius 1 is 0.947 bits per heavy atom. The first kappa shape index (κ1) is 25.9. The number of fused-ring (bicyclic) bond motifs is 1. The number of para-hydroxylation sites is 1. The van der Waals surface area contributed by atoms with Gasteiger partial charge in [-0.25, -0.2) is 14.8 Å². The quantitative estimate of drug-likeness (QED) is 0.485. The second kappa shape index (κ2) is 11.8. The highest BCUT2D eigenvalue weighted by molar-refractivity contribution is 5.93. The molecule has 2 fully saturated rings. The summed E-state index contributed by atoms with van der Waals surface area (Å²) in [4.78, 5) is 39.1. The number of carbonyl (C=O) groups excluding carboxylic acids is 2. The molecule has 2 aliphatic rings. The molecule has 2 saturated heterocycles. The van der Waals surface area contributed by atoms with Crippen LogP contribution in [0.4, 0.5) is 10.7 Å². The van der Waals surface area contributed by atoms with E-state index in [1.54, 1.807) is 4.90 Å². The number of ether oxygens (including phenoxy) is 1. The van der Waals surface area contributed by atoms with Crippen molar-refractivity contribution in [3.63, 3.8) is 0 Å². The van der Waals surface area contributed by atoms with E-state index in [1.807, 2.05) is 55.1 Å². The number of hydrogen-bond donors (Lipinski definition) is 1. The zero-order chi connectivity index (χ0) is 26.5. The van der Waals surface area contributed by atoms with Crippen LogP contribution in [0.5, 0.6) is 0 Å². The number of nitrogens with one attached hydrogen (secondary N) is 1. The molecule has 0 bridgehead atoms. The van der Waals surface area contributed by atoms with Crippen molar-refractivity contribution >= 4 is 28.9 Å². The van der Waals surface area contributed by atoms with E-state index in [1.165, 1.54) is 0 Å². The van der Waals surface area contributed by atoms with E-state index in [0.29, 0.717) is 44.7 Å². The van der Waals surface area contributed by atoms with Crippen molar-refractivity contribution in [3.05, 3.63) is 54.6 Å². The van der Waals surface area contributed by atoms with E-state index in [2.05, 4.69) is 23.5 Å². The number of benzene rings is 2. The summed E-state index contributed by atoms with van der Waals surface area (Å²) in [6.07, 6.45) is 3.00. The Hall–Kier alpha value is -3.68. The molecule has 1 aromatic heterocycles. The standard InChI is InChI=1S/C30H37N5O3/c1-21(2)20-38-30(37)35-16-8-11-23(19-35)28(36)34-17-14-24(15-18-34)31-29-32-26-13-7-6-12-25(26)27(33-29)22-9-4-3-5-10-22/h3-7,9-10,12-13,21,23-24H,8,11,14-20H2,1-2H3,(H,31,32,33). The molecule has 8 heteroatoms. The summed E-state index contributed by atoms with van der Waals surface area (Å²) in [7, 11) is 0. The summed E-state index contributed by atoms with van der Waals surface area (Å²) in [5.74, 6) is 0.909. The Balaban J connectivity index is 1.19. The predicted molar refractivity (Wildman–Crippen MR) is 149 cm³/mol. The summed E-state index contributed by atoms with van der Waals surface area (Å²) in [5.41, 5.74) is 2.88. The third-order valence-corrected chi connectivity index (χ3v) is 7.36. The first-order valence-corrected chi connectivity index (χ1v) is 13.8. The van der Waals surface area contributed by atoms with Crippen LogP contribution < -0.4 is 5.32 Å². The number of aromatic nitrogens is 2. The van der Waals surface area contributed by atoms with Crippen molar-refractivity contribution in [2.75, 3.05) is 38.1 Å². The molecule has 5 rings (SSSR count). The van der Waals surface area contributed by atoms with Gasteiger partial charge >= 0.3 is 6.09 Å². The van der Waals surface area contributed by atoms with Crippen LogP contribution in [0, 0.1) is 11.8 Å². The molecule has 0 aliphatic carbocycles. The van der Waals surface area contributed by atoms with E-state index in [0.717, 1.165) is 47.8 Å². The Morgan fingerprint density at radius 3 is 2.45 bits per heavy atom. The lowest BCUT2D eigenvalue weighted by Crippen LogP contribution is -2.50. The normalized spacial score (nSPS) is 18.6. The van der Waals surface area contributed by atoms with E-state index in [-0.39, 0.29) is 24.0 Å². The van der Waals surface area contributed by atoms with E-state index in [4.69, 9.17) is 14.7 Å². The average molecular weight is 516 g/mol. The minimum Gasteiger partial charge on any atom is -0.449 e. The van der Waals surface area contributed by atoms with Gasteiger partial charge in [-0.2, -0.15) is 0 Å². The lowest BCUT2D eigenvalue weighted by atomic mass is 9.95. The third-order valence-electron chi connectivity index (χ3n) is 7.36. The molecule has 3 aromatic rings. The topological polar surface area (TPSA) is 87.7 Å². The highest BCUT2D eigenvalue weighted by atomic mass is 16.6. The van der Waals surface area contributed by atoms with E-state index >= 15 is 0 Å². The van der Waals surface area contributed by atoms with Crippen LogP contribution in [-0.2, 0) is 9.53 Å². The summed E-state index contributed by atoms with van der Waals surface area (Å²) in [6.45, 7) is 6.91. The molecular weight excluding hydrogens is 478 g/mol. The summed E-state index contributed by atoms with van der Waals surface area (Å²) in [6, 6.07) is 18.5. The molecule has 1 atom stereocenters. The van der Waals surface area contributed by atoms with Gasteiger partial charge in [0.15, 0.2) is 0 Å². The molecule has 8 nitrogen and oxygen atoms in total. The summed E-state index contributed by atoms with van der Waals surface area (Å²) >= 11 is 0. The molecular formula is C30H37N5O3. The van der Waals surface area contributed by atoms with Crippen molar-refractivity contribution in [1.29, 1.82) is 0 Å². The van der Waals surface area contributed by atoms with Gasteiger partial charge in [0, 0.05) is 43.2 Å². The molecule has 2 amide bonds. The number of hydrogen-bond acceptors (Lipinski definition) is 6. The predicted octanol–water partition coefficient (Wildman–Crippen LogP) is 5.20. The van der Waals surface area contributed by atoms with Gasteiger partial charge in [0.1, 0.15) is 0 Å². The number of rotatable bonds is 6. The molecule has 0 saturated carbocycles. The fourth-order valence-electron chi connectivity index (χ4n) is 5.32. The lowest BCUT2D eigenvalue weighted by Gasteiger charge is -2.37. The zero-order valence-corrected chi connectivity index (χ0v) is 22.3. The van der Waals surface area contributed by atoms with Crippen LogP contribution in [0.25, 0.3) is 22.2 Å². The number of piperidine rings is 2. The number of carbonyl (C=O) groups is 2. The largest absolute Gasteiger partial charge is 0.449 e. The molecule has 3 heterocycles. The SMILES string of the molecule is CC(C)COC(=O)N1CCCC(C(=O)N2CCC(Nc3nc(-c4ccccc4)c4ccccc4n3)CC2)C1. The van der Waals surface area contributed by atoms with Crippen LogP contribution in [0.15, 0.2) is 54.6 Å². The van der Waals surface area contributed by atoms with Crippen LogP contribution in [0.3, 0.4) is 0 Å². The fraction of sp³-hybridized carbons (Fsp3) is 0.467. The molecule has 1 N–H and O–H groups in total. The van der Waals surface area contributed by atoms with Crippen molar-refractivity contribution in [3.8, 4) is 11.3 Å². The average Bonchev–Trinajstić information content (AvgIpc) is 2.96. The van der Waals surface area contributed by atoms with Crippen molar-refractivity contribution in [2.24, 2.45) is 11.8 Å².